The smallest absolute Gasteiger partial charge is 0.243 e. The van der Waals surface area contributed by atoms with Gasteiger partial charge in [0.25, 0.3) is 0 Å². The van der Waals surface area contributed by atoms with Gasteiger partial charge in [-0.05, 0) is 55.4 Å². The predicted molar refractivity (Wildman–Crippen MR) is 140 cm³/mol. The van der Waals surface area contributed by atoms with E-state index in [9.17, 15) is 9.59 Å². The van der Waals surface area contributed by atoms with Crippen molar-refractivity contribution in [1.82, 2.24) is 20.5 Å². The van der Waals surface area contributed by atoms with Crippen LogP contribution >= 0.6 is 23.2 Å². The van der Waals surface area contributed by atoms with E-state index in [-0.39, 0.29) is 24.8 Å². The first kappa shape index (κ1) is 26.5. The number of nitrogens with one attached hydrogen (secondary N) is 2. The standard InChI is InChI=1S/C26H29Cl2N5O2/c1-33(2)23(14-17-6-4-3-5-7-17)26(35)32-22(13-18-8-10-20(27)21(28)12-18)25(34)31-16-19-9-11-24(29)30-15-19/h3-12,15,22-23H,13-14,16H2,1-2H3,(H2,29,30)(H,31,34)(H,32,35)/t22-,23?/m0/s1. The lowest BCUT2D eigenvalue weighted by atomic mass is 10.0. The number of anilines is 1. The quantitative estimate of drug-likeness (QED) is 0.385. The average molecular weight is 514 g/mol. The molecule has 1 heterocycles. The van der Waals surface area contributed by atoms with Crippen LogP contribution < -0.4 is 16.4 Å². The largest absolute Gasteiger partial charge is 0.384 e. The van der Waals surface area contributed by atoms with Crippen molar-refractivity contribution in [3.63, 3.8) is 0 Å². The second kappa shape index (κ2) is 12.5. The molecule has 0 aliphatic heterocycles. The van der Waals surface area contributed by atoms with Gasteiger partial charge in [-0.15, -0.1) is 0 Å². The molecule has 0 saturated carbocycles. The number of likely N-dealkylation sites (N-methyl/N-ethyl adjacent to an activating group) is 1. The van der Waals surface area contributed by atoms with E-state index in [0.717, 1.165) is 16.7 Å². The summed E-state index contributed by atoms with van der Waals surface area (Å²) >= 11 is 12.2. The van der Waals surface area contributed by atoms with E-state index in [2.05, 4.69) is 15.6 Å². The van der Waals surface area contributed by atoms with Gasteiger partial charge in [-0.3, -0.25) is 14.5 Å². The molecule has 0 saturated heterocycles. The van der Waals surface area contributed by atoms with Crippen LogP contribution in [0.5, 0.6) is 0 Å². The number of nitrogens with zero attached hydrogens (tertiary/aromatic N) is 2. The first-order chi connectivity index (χ1) is 16.7. The molecule has 1 aromatic heterocycles. The van der Waals surface area contributed by atoms with Gasteiger partial charge in [0, 0.05) is 19.2 Å². The number of carbonyl (C=O) groups is 2. The summed E-state index contributed by atoms with van der Waals surface area (Å²) in [5, 5.41) is 6.63. The molecule has 0 radical (unpaired) electrons. The predicted octanol–water partition coefficient (Wildman–Crippen LogP) is 3.49. The minimum absolute atomic E-state index is 0.242. The first-order valence-electron chi connectivity index (χ1n) is 11.2. The number of hydrogen-bond donors (Lipinski definition) is 3. The minimum Gasteiger partial charge on any atom is -0.384 e. The van der Waals surface area contributed by atoms with Crippen LogP contribution in [0, 0.1) is 0 Å². The normalized spacial score (nSPS) is 12.7. The number of carbonyl (C=O) groups excluding carboxylic acids is 2. The molecular weight excluding hydrogens is 485 g/mol. The minimum atomic E-state index is -0.820. The Balaban J connectivity index is 1.77. The maximum atomic E-state index is 13.3. The molecule has 9 heteroatoms. The van der Waals surface area contributed by atoms with E-state index in [4.69, 9.17) is 28.9 Å². The van der Waals surface area contributed by atoms with Crippen LogP contribution in [0.4, 0.5) is 5.82 Å². The fourth-order valence-electron chi connectivity index (χ4n) is 3.58. The van der Waals surface area contributed by atoms with Gasteiger partial charge < -0.3 is 16.4 Å². The Kier molecular flexibility index (Phi) is 9.48. The summed E-state index contributed by atoms with van der Waals surface area (Å²) in [6.45, 7) is 0.251. The highest BCUT2D eigenvalue weighted by Crippen LogP contribution is 2.23. The molecule has 184 valence electrons. The van der Waals surface area contributed by atoms with Crippen molar-refractivity contribution in [2.45, 2.75) is 31.5 Å². The van der Waals surface area contributed by atoms with Crippen LogP contribution in [0.3, 0.4) is 0 Å². The number of nitrogens with two attached hydrogens (primary N) is 1. The summed E-state index contributed by atoms with van der Waals surface area (Å²) in [7, 11) is 3.69. The summed E-state index contributed by atoms with van der Waals surface area (Å²) in [4.78, 5) is 32.4. The molecular formula is C26H29Cl2N5O2. The van der Waals surface area contributed by atoms with Gasteiger partial charge in [-0.25, -0.2) is 4.98 Å². The Bertz CT molecular complexity index is 1140. The molecule has 3 aromatic rings. The molecule has 1 unspecified atom stereocenters. The molecule has 0 spiro atoms. The van der Waals surface area contributed by atoms with Gasteiger partial charge in [0.2, 0.25) is 11.8 Å². The number of benzene rings is 2. The highest BCUT2D eigenvalue weighted by Gasteiger charge is 2.27. The number of pyridine rings is 1. The summed E-state index contributed by atoms with van der Waals surface area (Å²) in [6.07, 6.45) is 2.36. The van der Waals surface area contributed by atoms with E-state index in [1.165, 1.54) is 0 Å². The number of halogens is 2. The van der Waals surface area contributed by atoms with Gasteiger partial charge in [0.1, 0.15) is 11.9 Å². The van der Waals surface area contributed by atoms with E-state index in [0.29, 0.717) is 22.3 Å². The van der Waals surface area contributed by atoms with Crippen LogP contribution in [-0.4, -0.2) is 47.9 Å². The van der Waals surface area contributed by atoms with Crippen LogP contribution in [0.25, 0.3) is 0 Å². The first-order valence-corrected chi connectivity index (χ1v) is 11.9. The lowest BCUT2D eigenvalue weighted by molar-refractivity contribution is -0.131. The molecule has 3 rings (SSSR count). The zero-order valence-corrected chi connectivity index (χ0v) is 21.2. The zero-order valence-electron chi connectivity index (χ0n) is 19.7. The van der Waals surface area contributed by atoms with Gasteiger partial charge in [-0.1, -0.05) is 65.7 Å². The molecule has 2 amide bonds. The molecule has 0 fully saturated rings. The Morgan fingerprint density at radius 2 is 1.63 bits per heavy atom. The van der Waals surface area contributed by atoms with Gasteiger partial charge in [-0.2, -0.15) is 0 Å². The second-order valence-electron chi connectivity index (χ2n) is 8.49. The fourth-order valence-corrected chi connectivity index (χ4v) is 3.90. The van der Waals surface area contributed by atoms with Crippen LogP contribution in [0.1, 0.15) is 16.7 Å². The third-order valence-corrected chi connectivity index (χ3v) is 6.31. The van der Waals surface area contributed by atoms with E-state index in [1.54, 1.807) is 36.5 Å². The van der Waals surface area contributed by atoms with Gasteiger partial charge in [0.15, 0.2) is 0 Å². The highest BCUT2D eigenvalue weighted by molar-refractivity contribution is 6.42. The Hall–Kier alpha value is -3.13. The highest BCUT2D eigenvalue weighted by atomic mass is 35.5. The van der Waals surface area contributed by atoms with Gasteiger partial charge >= 0.3 is 0 Å². The summed E-state index contributed by atoms with van der Waals surface area (Å²) in [5.74, 6) is -0.162. The molecule has 7 nitrogen and oxygen atoms in total. The topological polar surface area (TPSA) is 100 Å². The number of nitrogen functional groups attached to an aromatic ring is 1. The molecule has 35 heavy (non-hydrogen) atoms. The fraction of sp³-hybridized carbons (Fsp3) is 0.269. The van der Waals surface area contributed by atoms with Crippen molar-refractivity contribution in [2.24, 2.45) is 0 Å². The van der Waals surface area contributed by atoms with Crippen molar-refractivity contribution in [2.75, 3.05) is 19.8 Å². The Labute approximate surface area is 215 Å². The Morgan fingerprint density at radius 1 is 0.914 bits per heavy atom. The number of hydrogen-bond acceptors (Lipinski definition) is 5. The maximum Gasteiger partial charge on any atom is 0.243 e. The van der Waals surface area contributed by atoms with Crippen LogP contribution in [0.15, 0.2) is 66.9 Å². The van der Waals surface area contributed by atoms with Crippen molar-refractivity contribution >= 4 is 40.8 Å². The third kappa shape index (κ3) is 7.96. The average Bonchev–Trinajstić information content (AvgIpc) is 2.84. The van der Waals surface area contributed by atoms with Crippen molar-refractivity contribution in [3.8, 4) is 0 Å². The number of rotatable bonds is 10. The molecule has 0 aliphatic carbocycles. The number of amides is 2. The lowest BCUT2D eigenvalue weighted by Gasteiger charge is -2.26. The maximum absolute atomic E-state index is 13.3. The van der Waals surface area contributed by atoms with Crippen LogP contribution in [-0.2, 0) is 29.0 Å². The second-order valence-corrected chi connectivity index (χ2v) is 9.31. The molecule has 2 aromatic carbocycles. The van der Waals surface area contributed by atoms with Crippen molar-refractivity contribution in [3.05, 3.63) is 93.6 Å². The van der Waals surface area contributed by atoms with Crippen molar-refractivity contribution in [1.29, 1.82) is 0 Å². The summed E-state index contributed by atoms with van der Waals surface area (Å²) < 4.78 is 0. The third-order valence-electron chi connectivity index (χ3n) is 5.57. The SMILES string of the molecule is CN(C)C(Cc1ccccc1)C(=O)N[C@@H](Cc1ccc(Cl)c(Cl)c1)C(=O)NCc1ccc(N)nc1. The van der Waals surface area contributed by atoms with E-state index in [1.807, 2.05) is 49.3 Å². The lowest BCUT2D eigenvalue weighted by Crippen LogP contribution is -2.53. The van der Waals surface area contributed by atoms with E-state index < -0.39 is 12.1 Å². The molecule has 2 atom stereocenters. The molecule has 4 N–H and O–H groups in total. The monoisotopic (exact) mass is 513 g/mol. The van der Waals surface area contributed by atoms with Crippen LogP contribution in [0.2, 0.25) is 10.0 Å². The summed E-state index contributed by atoms with van der Waals surface area (Å²) in [5.41, 5.74) is 8.23. The molecule has 0 aliphatic rings. The van der Waals surface area contributed by atoms with Gasteiger partial charge in [0.05, 0.1) is 16.1 Å². The zero-order chi connectivity index (χ0) is 25.4. The summed E-state index contributed by atoms with van der Waals surface area (Å²) in [6, 6.07) is 17.1. The molecule has 0 bridgehead atoms. The van der Waals surface area contributed by atoms with E-state index >= 15 is 0 Å². The number of aromatic nitrogens is 1. The Morgan fingerprint density at radius 3 is 2.26 bits per heavy atom. The van der Waals surface area contributed by atoms with Crippen molar-refractivity contribution < 1.29 is 9.59 Å².